The average Bonchev–Trinajstić information content (AvgIpc) is 3.00. The van der Waals surface area contributed by atoms with Gasteiger partial charge in [0.15, 0.2) is 12.1 Å². The monoisotopic (exact) mass is 337 g/mol. The summed E-state index contributed by atoms with van der Waals surface area (Å²) in [5.74, 6) is -0.851. The van der Waals surface area contributed by atoms with Crippen LogP contribution in [0.2, 0.25) is 5.02 Å². The third-order valence-corrected chi connectivity index (χ3v) is 4.90. The fourth-order valence-corrected chi connectivity index (χ4v) is 3.75. The molecule has 1 aliphatic carbocycles. The highest BCUT2D eigenvalue weighted by atomic mass is 35.5. The van der Waals surface area contributed by atoms with Crippen molar-refractivity contribution in [1.29, 1.82) is 0 Å². The van der Waals surface area contributed by atoms with Crippen LogP contribution in [0.15, 0.2) is 18.2 Å². The van der Waals surface area contributed by atoms with Crippen LogP contribution in [0.3, 0.4) is 0 Å². The Morgan fingerprint density at radius 3 is 2.70 bits per heavy atom. The molecule has 2 aliphatic rings. The number of benzene rings is 1. The Balaban J connectivity index is 2.14. The van der Waals surface area contributed by atoms with Gasteiger partial charge in [-0.05, 0) is 37.5 Å². The van der Waals surface area contributed by atoms with E-state index in [1.807, 2.05) is 6.92 Å². The van der Waals surface area contributed by atoms with Gasteiger partial charge in [-0.3, -0.25) is 4.79 Å². The van der Waals surface area contributed by atoms with E-state index in [4.69, 9.17) is 16.3 Å². The number of hydrogen-bond acceptors (Lipinski definition) is 3. The maximum Gasteiger partial charge on any atom is 0.331 e. The predicted octanol–water partition coefficient (Wildman–Crippen LogP) is 3.41. The normalized spacial score (nSPS) is 25.0. The van der Waals surface area contributed by atoms with Crippen LogP contribution < -0.4 is 4.74 Å². The second-order valence-electron chi connectivity index (χ2n) is 6.12. The van der Waals surface area contributed by atoms with Crippen molar-refractivity contribution in [3.8, 4) is 5.75 Å². The van der Waals surface area contributed by atoms with Gasteiger partial charge in [-0.2, -0.15) is 0 Å². The average molecular weight is 338 g/mol. The number of carboxylic acids is 1. The summed E-state index contributed by atoms with van der Waals surface area (Å²) in [7, 11) is 0. The van der Waals surface area contributed by atoms with Crippen LogP contribution in [0.1, 0.15) is 50.6 Å². The Morgan fingerprint density at radius 2 is 2.09 bits per heavy atom. The van der Waals surface area contributed by atoms with Gasteiger partial charge in [-0.25, -0.2) is 4.79 Å². The molecule has 1 aromatic carbocycles. The third kappa shape index (κ3) is 2.90. The quantitative estimate of drug-likeness (QED) is 0.917. The summed E-state index contributed by atoms with van der Waals surface area (Å²) in [4.78, 5) is 26.5. The molecular weight excluding hydrogens is 318 g/mol. The number of amides is 1. The van der Waals surface area contributed by atoms with Crippen molar-refractivity contribution in [3.63, 3.8) is 0 Å². The lowest BCUT2D eigenvalue weighted by Crippen LogP contribution is -2.48. The highest BCUT2D eigenvalue weighted by Crippen LogP contribution is 2.40. The van der Waals surface area contributed by atoms with Crippen molar-refractivity contribution in [2.75, 3.05) is 0 Å². The molecule has 0 aromatic heterocycles. The zero-order chi connectivity index (χ0) is 16.6. The zero-order valence-electron chi connectivity index (χ0n) is 13.0. The van der Waals surface area contributed by atoms with E-state index >= 15 is 0 Å². The van der Waals surface area contributed by atoms with Crippen LogP contribution in [0.4, 0.5) is 0 Å². The van der Waals surface area contributed by atoms with Gasteiger partial charge < -0.3 is 14.7 Å². The summed E-state index contributed by atoms with van der Waals surface area (Å²) in [5.41, 5.74) is 0.459. The molecule has 1 N–H and O–H groups in total. The maximum absolute atomic E-state index is 12.9. The molecule has 3 rings (SSSR count). The zero-order valence-corrected chi connectivity index (χ0v) is 13.8. The molecule has 124 valence electrons. The summed E-state index contributed by atoms with van der Waals surface area (Å²) in [6.45, 7) is 1.87. The first kappa shape index (κ1) is 16.1. The number of halogens is 1. The molecule has 0 bridgehead atoms. The van der Waals surface area contributed by atoms with Crippen LogP contribution >= 0.6 is 11.6 Å². The Morgan fingerprint density at radius 1 is 1.39 bits per heavy atom. The van der Waals surface area contributed by atoms with Crippen LogP contribution in [0, 0.1) is 0 Å². The van der Waals surface area contributed by atoms with Crippen molar-refractivity contribution >= 4 is 23.5 Å². The summed E-state index contributed by atoms with van der Waals surface area (Å²) < 4.78 is 5.83. The number of hydrogen-bond donors (Lipinski definition) is 1. The number of ether oxygens (including phenoxy) is 1. The van der Waals surface area contributed by atoms with Crippen molar-refractivity contribution in [2.24, 2.45) is 0 Å². The Bertz CT molecular complexity index is 627. The predicted molar refractivity (Wildman–Crippen MR) is 85.6 cm³/mol. The van der Waals surface area contributed by atoms with Crippen LogP contribution in [0.5, 0.6) is 5.75 Å². The lowest BCUT2D eigenvalue weighted by molar-refractivity contribution is -0.155. The number of fused-ring (bicyclic) bond motifs is 1. The standard InChI is InChI=1S/C17H20ClNO4/c1-2-13-16(20)19(11-5-3-4-6-11)15(17(21)22)12-9-10(18)7-8-14(12)23-13/h7-9,11,13,15H,2-6H2,1H3,(H,21,22). The van der Waals surface area contributed by atoms with Crippen LogP contribution in [0.25, 0.3) is 0 Å². The molecule has 1 fully saturated rings. The molecule has 1 aromatic rings. The summed E-state index contributed by atoms with van der Waals surface area (Å²) >= 11 is 6.06. The molecule has 5 nitrogen and oxygen atoms in total. The van der Waals surface area contributed by atoms with Crippen molar-refractivity contribution in [1.82, 2.24) is 4.90 Å². The summed E-state index contributed by atoms with van der Waals surface area (Å²) in [5, 5.41) is 10.3. The van der Waals surface area contributed by atoms with Gasteiger partial charge in [-0.1, -0.05) is 31.4 Å². The molecule has 1 aliphatic heterocycles. The molecule has 2 unspecified atom stereocenters. The van der Waals surface area contributed by atoms with E-state index in [-0.39, 0.29) is 11.9 Å². The van der Waals surface area contributed by atoms with E-state index in [1.165, 1.54) is 4.90 Å². The molecule has 0 saturated heterocycles. The van der Waals surface area contributed by atoms with Gasteiger partial charge in [0.1, 0.15) is 5.75 Å². The minimum atomic E-state index is -1.05. The van der Waals surface area contributed by atoms with Gasteiger partial charge in [0.25, 0.3) is 5.91 Å². The molecule has 2 atom stereocenters. The van der Waals surface area contributed by atoms with Crippen molar-refractivity contribution in [3.05, 3.63) is 28.8 Å². The first-order valence-corrected chi connectivity index (χ1v) is 8.41. The number of carboxylic acid groups (broad SMARTS) is 1. The lowest BCUT2D eigenvalue weighted by atomic mass is 10.0. The van der Waals surface area contributed by atoms with E-state index in [0.717, 1.165) is 25.7 Å². The van der Waals surface area contributed by atoms with Crippen molar-refractivity contribution < 1.29 is 19.4 Å². The lowest BCUT2D eigenvalue weighted by Gasteiger charge is -2.33. The van der Waals surface area contributed by atoms with Crippen LogP contribution in [-0.2, 0) is 9.59 Å². The second-order valence-corrected chi connectivity index (χ2v) is 6.56. The Hall–Kier alpha value is -1.75. The number of rotatable bonds is 3. The SMILES string of the molecule is CCC1Oc2ccc(Cl)cc2C(C(=O)O)N(C2CCCC2)C1=O. The van der Waals surface area contributed by atoms with Gasteiger partial charge in [0.05, 0.1) is 0 Å². The molecule has 23 heavy (non-hydrogen) atoms. The minimum absolute atomic E-state index is 0.0498. The molecular formula is C17H20ClNO4. The first-order chi connectivity index (χ1) is 11.0. The largest absolute Gasteiger partial charge is 0.480 e. The molecule has 6 heteroatoms. The number of carbonyl (C=O) groups is 2. The van der Waals surface area contributed by atoms with E-state index in [0.29, 0.717) is 22.8 Å². The number of nitrogens with zero attached hydrogens (tertiary/aromatic N) is 1. The fraction of sp³-hybridized carbons (Fsp3) is 0.529. The van der Waals surface area contributed by atoms with E-state index in [1.54, 1.807) is 18.2 Å². The smallest absolute Gasteiger partial charge is 0.331 e. The second kappa shape index (κ2) is 6.40. The van der Waals surface area contributed by atoms with E-state index in [9.17, 15) is 14.7 Å². The number of carbonyl (C=O) groups excluding carboxylic acids is 1. The molecule has 1 amide bonds. The third-order valence-electron chi connectivity index (χ3n) is 4.67. The summed E-state index contributed by atoms with van der Waals surface area (Å²) in [6, 6.07) is 3.81. The maximum atomic E-state index is 12.9. The van der Waals surface area contributed by atoms with Crippen molar-refractivity contribution in [2.45, 2.75) is 57.2 Å². The van der Waals surface area contributed by atoms with Gasteiger partial charge >= 0.3 is 5.97 Å². The van der Waals surface area contributed by atoms with E-state index in [2.05, 4.69) is 0 Å². The summed E-state index contributed by atoms with van der Waals surface area (Å²) in [6.07, 6.45) is 3.54. The Kier molecular flexibility index (Phi) is 4.48. The molecule has 0 spiro atoms. The highest BCUT2D eigenvalue weighted by molar-refractivity contribution is 6.30. The Labute approximate surface area is 140 Å². The fourth-order valence-electron chi connectivity index (χ4n) is 3.57. The minimum Gasteiger partial charge on any atom is -0.480 e. The van der Waals surface area contributed by atoms with Gasteiger partial charge in [0.2, 0.25) is 0 Å². The molecule has 1 saturated carbocycles. The van der Waals surface area contributed by atoms with E-state index < -0.39 is 18.1 Å². The number of aliphatic carboxylic acids is 1. The van der Waals surface area contributed by atoms with Gasteiger partial charge in [0, 0.05) is 16.6 Å². The van der Waals surface area contributed by atoms with Gasteiger partial charge in [-0.15, -0.1) is 0 Å². The van der Waals surface area contributed by atoms with Crippen LogP contribution in [-0.4, -0.2) is 34.0 Å². The highest BCUT2D eigenvalue weighted by Gasteiger charge is 2.44. The molecule has 1 heterocycles. The topological polar surface area (TPSA) is 66.8 Å². The molecule has 0 radical (unpaired) electrons. The first-order valence-electron chi connectivity index (χ1n) is 8.04.